The van der Waals surface area contributed by atoms with Crippen LogP contribution in [0.15, 0.2) is 18.3 Å². The SMILES string of the molecule is CCCNc1ncccc1CSCC(=O)OCC. The maximum atomic E-state index is 11.2. The van der Waals surface area contributed by atoms with Gasteiger partial charge in [0.1, 0.15) is 5.82 Å². The molecule has 0 aliphatic heterocycles. The third-order valence-corrected chi connectivity index (χ3v) is 3.17. The van der Waals surface area contributed by atoms with Crippen molar-refractivity contribution in [2.45, 2.75) is 26.0 Å². The summed E-state index contributed by atoms with van der Waals surface area (Å²) in [6.07, 6.45) is 2.84. The first-order valence-electron chi connectivity index (χ1n) is 6.19. The molecule has 0 radical (unpaired) electrons. The van der Waals surface area contributed by atoms with E-state index in [4.69, 9.17) is 4.74 Å². The Morgan fingerprint density at radius 1 is 1.50 bits per heavy atom. The van der Waals surface area contributed by atoms with Crippen molar-refractivity contribution >= 4 is 23.5 Å². The quantitative estimate of drug-likeness (QED) is 0.735. The molecule has 1 aromatic rings. The van der Waals surface area contributed by atoms with Crippen LogP contribution in [0, 0.1) is 0 Å². The second-order valence-corrected chi connectivity index (χ2v) is 4.72. The Bertz CT molecular complexity index is 372. The minimum absolute atomic E-state index is 0.158. The molecule has 1 heterocycles. The molecule has 100 valence electrons. The van der Waals surface area contributed by atoms with Gasteiger partial charge in [-0.15, -0.1) is 11.8 Å². The van der Waals surface area contributed by atoms with Gasteiger partial charge in [-0.1, -0.05) is 13.0 Å². The number of anilines is 1. The van der Waals surface area contributed by atoms with Gasteiger partial charge in [0.2, 0.25) is 0 Å². The molecule has 5 heteroatoms. The first-order valence-corrected chi connectivity index (χ1v) is 7.34. The van der Waals surface area contributed by atoms with E-state index in [0.29, 0.717) is 12.4 Å². The average molecular weight is 268 g/mol. The van der Waals surface area contributed by atoms with Gasteiger partial charge in [0, 0.05) is 24.1 Å². The smallest absolute Gasteiger partial charge is 0.315 e. The molecule has 1 aromatic heterocycles. The Kier molecular flexibility index (Phi) is 7.25. The number of carbonyl (C=O) groups is 1. The molecule has 1 N–H and O–H groups in total. The van der Waals surface area contributed by atoms with E-state index in [1.807, 2.05) is 19.1 Å². The van der Waals surface area contributed by atoms with Gasteiger partial charge in [-0.2, -0.15) is 0 Å². The summed E-state index contributed by atoms with van der Waals surface area (Å²) in [5.41, 5.74) is 1.13. The van der Waals surface area contributed by atoms with Crippen molar-refractivity contribution in [1.82, 2.24) is 4.98 Å². The zero-order valence-corrected chi connectivity index (χ0v) is 11.8. The van der Waals surface area contributed by atoms with E-state index in [1.165, 1.54) is 0 Å². The minimum atomic E-state index is -0.158. The Morgan fingerprint density at radius 3 is 3.06 bits per heavy atom. The van der Waals surface area contributed by atoms with Crippen molar-refractivity contribution in [3.63, 3.8) is 0 Å². The highest BCUT2D eigenvalue weighted by Gasteiger charge is 2.05. The van der Waals surface area contributed by atoms with Crippen molar-refractivity contribution in [3.8, 4) is 0 Å². The minimum Gasteiger partial charge on any atom is -0.465 e. The summed E-state index contributed by atoms with van der Waals surface area (Å²) in [6, 6.07) is 3.94. The molecule has 0 saturated heterocycles. The number of aromatic nitrogens is 1. The normalized spacial score (nSPS) is 10.1. The third-order valence-electron chi connectivity index (χ3n) is 2.22. The highest BCUT2D eigenvalue weighted by atomic mass is 32.2. The summed E-state index contributed by atoms with van der Waals surface area (Å²) in [6.45, 7) is 5.28. The molecule has 0 aliphatic carbocycles. The maximum Gasteiger partial charge on any atom is 0.315 e. The van der Waals surface area contributed by atoms with Crippen molar-refractivity contribution in [1.29, 1.82) is 0 Å². The summed E-state index contributed by atoms with van der Waals surface area (Å²) in [5, 5.41) is 3.29. The van der Waals surface area contributed by atoms with Crippen LogP contribution in [0.25, 0.3) is 0 Å². The molecule has 0 bridgehead atoms. The largest absolute Gasteiger partial charge is 0.465 e. The molecule has 0 atom stereocenters. The van der Waals surface area contributed by atoms with Gasteiger partial charge in [-0.3, -0.25) is 4.79 Å². The number of thioether (sulfide) groups is 1. The molecule has 0 aliphatic rings. The second kappa shape index (κ2) is 8.80. The van der Waals surface area contributed by atoms with E-state index in [1.54, 1.807) is 18.0 Å². The Hall–Kier alpha value is -1.23. The number of pyridine rings is 1. The molecule has 0 fully saturated rings. The topological polar surface area (TPSA) is 51.2 Å². The second-order valence-electron chi connectivity index (χ2n) is 3.74. The zero-order valence-electron chi connectivity index (χ0n) is 10.9. The van der Waals surface area contributed by atoms with Crippen LogP contribution in [0.3, 0.4) is 0 Å². The van der Waals surface area contributed by atoms with Crippen molar-refractivity contribution < 1.29 is 9.53 Å². The van der Waals surface area contributed by atoms with Crippen LogP contribution in [0.2, 0.25) is 0 Å². The van der Waals surface area contributed by atoms with E-state index in [0.717, 1.165) is 30.1 Å². The molecule has 0 saturated carbocycles. The fraction of sp³-hybridized carbons (Fsp3) is 0.538. The lowest BCUT2D eigenvalue weighted by atomic mass is 10.3. The number of esters is 1. The number of nitrogens with zero attached hydrogens (tertiary/aromatic N) is 1. The molecule has 0 unspecified atom stereocenters. The Labute approximate surface area is 113 Å². The van der Waals surface area contributed by atoms with Crippen molar-refractivity contribution in [3.05, 3.63) is 23.9 Å². The van der Waals surface area contributed by atoms with Crippen molar-refractivity contribution in [2.75, 3.05) is 24.2 Å². The molecular weight excluding hydrogens is 248 g/mol. The van der Waals surface area contributed by atoms with Gasteiger partial charge in [0.25, 0.3) is 0 Å². The van der Waals surface area contributed by atoms with Gasteiger partial charge < -0.3 is 10.1 Å². The number of hydrogen-bond donors (Lipinski definition) is 1. The molecule has 18 heavy (non-hydrogen) atoms. The number of nitrogens with one attached hydrogen (secondary N) is 1. The van der Waals surface area contributed by atoms with Gasteiger partial charge in [-0.05, 0) is 19.4 Å². The van der Waals surface area contributed by atoms with E-state index < -0.39 is 0 Å². The fourth-order valence-electron chi connectivity index (χ4n) is 1.40. The monoisotopic (exact) mass is 268 g/mol. The summed E-state index contributed by atoms with van der Waals surface area (Å²) < 4.78 is 4.88. The number of ether oxygens (including phenoxy) is 1. The molecule has 0 amide bonds. The summed E-state index contributed by atoms with van der Waals surface area (Å²) in [5.74, 6) is 1.90. The summed E-state index contributed by atoms with van der Waals surface area (Å²) in [4.78, 5) is 15.5. The predicted octanol–water partition coefficient (Wildman–Crippen LogP) is 2.70. The predicted molar refractivity (Wildman–Crippen MR) is 75.8 cm³/mol. The van der Waals surface area contributed by atoms with Gasteiger partial charge >= 0.3 is 5.97 Å². The van der Waals surface area contributed by atoms with E-state index in [-0.39, 0.29) is 5.97 Å². The van der Waals surface area contributed by atoms with Crippen LogP contribution in [0.1, 0.15) is 25.8 Å². The zero-order chi connectivity index (χ0) is 13.2. The van der Waals surface area contributed by atoms with Crippen LogP contribution in [-0.4, -0.2) is 29.9 Å². The van der Waals surface area contributed by atoms with Crippen LogP contribution < -0.4 is 5.32 Å². The van der Waals surface area contributed by atoms with Gasteiger partial charge in [-0.25, -0.2) is 4.98 Å². The fourth-order valence-corrected chi connectivity index (χ4v) is 2.21. The van der Waals surface area contributed by atoms with Crippen LogP contribution >= 0.6 is 11.8 Å². The van der Waals surface area contributed by atoms with E-state index >= 15 is 0 Å². The number of hydrogen-bond acceptors (Lipinski definition) is 5. The molecule has 0 aromatic carbocycles. The summed E-state index contributed by atoms with van der Waals surface area (Å²) in [7, 11) is 0. The van der Waals surface area contributed by atoms with Crippen LogP contribution in [0.5, 0.6) is 0 Å². The average Bonchev–Trinajstić information content (AvgIpc) is 2.38. The van der Waals surface area contributed by atoms with Crippen molar-refractivity contribution in [2.24, 2.45) is 0 Å². The van der Waals surface area contributed by atoms with Gasteiger partial charge in [0.05, 0.1) is 12.4 Å². The lowest BCUT2D eigenvalue weighted by Crippen LogP contribution is -2.08. The number of rotatable bonds is 8. The highest BCUT2D eigenvalue weighted by Crippen LogP contribution is 2.18. The first kappa shape index (κ1) is 14.8. The third kappa shape index (κ3) is 5.40. The standard InChI is InChI=1S/C13H20N2O2S/c1-3-7-14-13-11(6-5-8-15-13)9-18-10-12(16)17-4-2/h5-6,8H,3-4,7,9-10H2,1-2H3,(H,14,15). The lowest BCUT2D eigenvalue weighted by molar-refractivity contribution is -0.139. The van der Waals surface area contributed by atoms with E-state index in [2.05, 4.69) is 17.2 Å². The molecule has 4 nitrogen and oxygen atoms in total. The van der Waals surface area contributed by atoms with E-state index in [9.17, 15) is 4.79 Å². The Morgan fingerprint density at radius 2 is 2.33 bits per heavy atom. The first-order chi connectivity index (χ1) is 8.77. The Balaban J connectivity index is 2.43. The lowest BCUT2D eigenvalue weighted by Gasteiger charge is -2.09. The molecule has 0 spiro atoms. The summed E-state index contributed by atoms with van der Waals surface area (Å²) >= 11 is 1.55. The highest BCUT2D eigenvalue weighted by molar-refractivity contribution is 7.99. The number of carbonyl (C=O) groups excluding carboxylic acids is 1. The van der Waals surface area contributed by atoms with Crippen LogP contribution in [0.4, 0.5) is 5.82 Å². The molecular formula is C13H20N2O2S. The molecule has 1 rings (SSSR count). The maximum absolute atomic E-state index is 11.2. The van der Waals surface area contributed by atoms with Crippen LogP contribution in [-0.2, 0) is 15.3 Å². The van der Waals surface area contributed by atoms with Gasteiger partial charge in [0.15, 0.2) is 0 Å².